The molecule has 64 valence electrons. The zero-order valence-corrected chi connectivity index (χ0v) is 6.95. The first kappa shape index (κ1) is 7.81. The Morgan fingerprint density at radius 1 is 1.46 bits per heavy atom. The van der Waals surface area contributed by atoms with E-state index in [9.17, 15) is 4.79 Å². The van der Waals surface area contributed by atoms with Crippen molar-refractivity contribution in [2.45, 2.75) is 6.42 Å². The van der Waals surface area contributed by atoms with Crippen molar-refractivity contribution in [2.75, 3.05) is 5.32 Å². The second kappa shape index (κ2) is 2.91. The van der Waals surface area contributed by atoms with E-state index < -0.39 is 5.92 Å². The number of amides is 1. The van der Waals surface area contributed by atoms with Crippen LogP contribution in [0, 0.1) is 17.2 Å². The summed E-state index contributed by atoms with van der Waals surface area (Å²) in [5.41, 5.74) is 1.87. The second-order valence-electron chi connectivity index (χ2n) is 3.03. The maximum absolute atomic E-state index is 11.3. The number of fused-ring (bicyclic) bond motifs is 1. The van der Waals surface area contributed by atoms with Gasteiger partial charge in [-0.2, -0.15) is 5.26 Å². The third-order valence-corrected chi connectivity index (χ3v) is 2.17. The first-order chi connectivity index (χ1) is 6.31. The molecule has 0 bridgehead atoms. The Hall–Kier alpha value is -1.82. The van der Waals surface area contributed by atoms with Gasteiger partial charge in [0.15, 0.2) is 0 Å². The molecule has 1 aromatic carbocycles. The maximum atomic E-state index is 11.3. The lowest BCUT2D eigenvalue weighted by Crippen LogP contribution is -2.28. The molecule has 0 saturated carbocycles. The minimum Gasteiger partial charge on any atom is -0.325 e. The third-order valence-electron chi connectivity index (χ3n) is 2.17. The van der Waals surface area contributed by atoms with E-state index in [0.29, 0.717) is 6.42 Å². The Balaban J connectivity index is 2.39. The zero-order valence-electron chi connectivity index (χ0n) is 6.95. The average molecular weight is 172 g/mol. The number of hydrogen-bond acceptors (Lipinski definition) is 2. The van der Waals surface area contributed by atoms with Gasteiger partial charge in [-0.05, 0) is 18.1 Å². The fourth-order valence-corrected chi connectivity index (χ4v) is 1.46. The van der Waals surface area contributed by atoms with Crippen LogP contribution in [-0.4, -0.2) is 5.91 Å². The van der Waals surface area contributed by atoms with Crippen LogP contribution in [0.5, 0.6) is 0 Å². The Labute approximate surface area is 76.0 Å². The molecular weight excluding hydrogens is 164 g/mol. The van der Waals surface area contributed by atoms with Crippen molar-refractivity contribution >= 4 is 11.6 Å². The molecule has 3 heteroatoms. The summed E-state index contributed by atoms with van der Waals surface area (Å²) in [6, 6.07) is 9.53. The van der Waals surface area contributed by atoms with Crippen LogP contribution >= 0.6 is 0 Å². The van der Waals surface area contributed by atoms with E-state index in [1.165, 1.54) is 0 Å². The summed E-state index contributed by atoms with van der Waals surface area (Å²) in [4.78, 5) is 11.3. The summed E-state index contributed by atoms with van der Waals surface area (Å²) in [6.07, 6.45) is 0.526. The number of nitrogens with zero attached hydrogens (tertiary/aromatic N) is 1. The number of nitrogens with one attached hydrogen (secondary N) is 1. The van der Waals surface area contributed by atoms with Crippen molar-refractivity contribution in [3.8, 4) is 6.07 Å². The van der Waals surface area contributed by atoms with Crippen LogP contribution in [0.4, 0.5) is 5.69 Å². The summed E-state index contributed by atoms with van der Waals surface area (Å²) in [5.74, 6) is -0.726. The Bertz CT molecular complexity index is 392. The molecule has 1 aliphatic heterocycles. The van der Waals surface area contributed by atoms with Crippen molar-refractivity contribution in [3.05, 3.63) is 29.8 Å². The molecule has 0 aliphatic carbocycles. The van der Waals surface area contributed by atoms with Crippen LogP contribution in [0.1, 0.15) is 5.56 Å². The lowest BCUT2D eigenvalue weighted by atomic mass is 9.94. The summed E-state index contributed by atoms with van der Waals surface area (Å²) in [5, 5.41) is 11.4. The zero-order chi connectivity index (χ0) is 9.26. The standard InChI is InChI=1S/C10H8N2O/c11-6-8-5-7-3-1-2-4-9(7)12-10(8)13/h1-4,8H,5H2,(H,12,13)/t8-/m1/s1. The summed E-state index contributed by atoms with van der Waals surface area (Å²) >= 11 is 0. The molecular formula is C10H8N2O. The fraction of sp³-hybridized carbons (Fsp3) is 0.200. The molecule has 1 atom stereocenters. The predicted octanol–water partition coefficient (Wildman–Crippen LogP) is 1.32. The Kier molecular flexibility index (Phi) is 1.75. The normalized spacial score (nSPS) is 19.9. The highest BCUT2D eigenvalue weighted by molar-refractivity contribution is 5.97. The van der Waals surface area contributed by atoms with Gasteiger partial charge in [0.1, 0.15) is 5.92 Å². The van der Waals surface area contributed by atoms with Crippen LogP contribution < -0.4 is 5.32 Å². The molecule has 0 saturated heterocycles. The van der Waals surface area contributed by atoms with E-state index in [1.807, 2.05) is 30.3 Å². The van der Waals surface area contributed by atoms with Crippen LogP contribution in [0.15, 0.2) is 24.3 Å². The van der Waals surface area contributed by atoms with Crippen LogP contribution in [-0.2, 0) is 11.2 Å². The largest absolute Gasteiger partial charge is 0.325 e. The molecule has 1 N–H and O–H groups in total. The van der Waals surface area contributed by atoms with Gasteiger partial charge in [-0.3, -0.25) is 4.79 Å². The maximum Gasteiger partial charge on any atom is 0.242 e. The van der Waals surface area contributed by atoms with E-state index in [0.717, 1.165) is 11.3 Å². The molecule has 0 radical (unpaired) electrons. The highest BCUT2D eigenvalue weighted by atomic mass is 16.1. The van der Waals surface area contributed by atoms with Crippen molar-refractivity contribution in [3.63, 3.8) is 0 Å². The highest BCUT2D eigenvalue weighted by Crippen LogP contribution is 2.24. The van der Waals surface area contributed by atoms with E-state index in [4.69, 9.17) is 5.26 Å². The van der Waals surface area contributed by atoms with Gasteiger partial charge < -0.3 is 5.32 Å². The van der Waals surface area contributed by atoms with Crippen molar-refractivity contribution < 1.29 is 4.79 Å². The van der Waals surface area contributed by atoms with Gasteiger partial charge in [0.2, 0.25) is 5.91 Å². The minimum absolute atomic E-state index is 0.193. The SMILES string of the molecule is N#C[C@H]1Cc2ccccc2NC1=O. The fourth-order valence-electron chi connectivity index (χ4n) is 1.46. The number of carbonyl (C=O) groups is 1. The van der Waals surface area contributed by atoms with Crippen molar-refractivity contribution in [2.24, 2.45) is 5.92 Å². The third kappa shape index (κ3) is 1.27. The first-order valence-electron chi connectivity index (χ1n) is 4.09. The predicted molar refractivity (Wildman–Crippen MR) is 47.9 cm³/mol. The molecule has 1 aliphatic rings. The van der Waals surface area contributed by atoms with E-state index >= 15 is 0 Å². The monoisotopic (exact) mass is 172 g/mol. The van der Waals surface area contributed by atoms with Crippen LogP contribution in [0.25, 0.3) is 0 Å². The topological polar surface area (TPSA) is 52.9 Å². The molecule has 1 heterocycles. The smallest absolute Gasteiger partial charge is 0.242 e. The van der Waals surface area contributed by atoms with Gasteiger partial charge in [0.05, 0.1) is 6.07 Å². The molecule has 0 aromatic heterocycles. The molecule has 1 amide bonds. The lowest BCUT2D eigenvalue weighted by molar-refractivity contribution is -0.118. The number of para-hydroxylation sites is 1. The molecule has 0 spiro atoms. The number of benzene rings is 1. The number of carbonyl (C=O) groups excluding carboxylic acids is 1. The first-order valence-corrected chi connectivity index (χ1v) is 4.09. The summed E-state index contributed by atoms with van der Waals surface area (Å²) in [7, 11) is 0. The summed E-state index contributed by atoms with van der Waals surface area (Å²) < 4.78 is 0. The Morgan fingerprint density at radius 2 is 2.23 bits per heavy atom. The quantitative estimate of drug-likeness (QED) is 0.641. The van der Waals surface area contributed by atoms with Gasteiger partial charge in [0.25, 0.3) is 0 Å². The number of rotatable bonds is 0. The summed E-state index contributed by atoms with van der Waals surface area (Å²) in [6.45, 7) is 0. The lowest BCUT2D eigenvalue weighted by Gasteiger charge is -2.19. The van der Waals surface area contributed by atoms with Crippen molar-refractivity contribution in [1.29, 1.82) is 5.26 Å². The van der Waals surface area contributed by atoms with E-state index in [-0.39, 0.29) is 5.91 Å². The van der Waals surface area contributed by atoms with Gasteiger partial charge in [-0.15, -0.1) is 0 Å². The number of anilines is 1. The van der Waals surface area contributed by atoms with Gasteiger partial charge in [0, 0.05) is 5.69 Å². The number of hydrogen-bond donors (Lipinski definition) is 1. The van der Waals surface area contributed by atoms with Gasteiger partial charge >= 0.3 is 0 Å². The highest BCUT2D eigenvalue weighted by Gasteiger charge is 2.24. The second-order valence-corrected chi connectivity index (χ2v) is 3.03. The van der Waals surface area contributed by atoms with Crippen LogP contribution in [0.2, 0.25) is 0 Å². The van der Waals surface area contributed by atoms with Gasteiger partial charge in [-0.1, -0.05) is 18.2 Å². The van der Waals surface area contributed by atoms with E-state index in [1.54, 1.807) is 0 Å². The molecule has 3 nitrogen and oxygen atoms in total. The van der Waals surface area contributed by atoms with Crippen molar-refractivity contribution in [1.82, 2.24) is 0 Å². The number of nitriles is 1. The average Bonchev–Trinajstić information content (AvgIpc) is 2.17. The molecule has 13 heavy (non-hydrogen) atoms. The molecule has 1 aromatic rings. The van der Waals surface area contributed by atoms with Crippen LogP contribution in [0.3, 0.4) is 0 Å². The van der Waals surface area contributed by atoms with Gasteiger partial charge in [-0.25, -0.2) is 0 Å². The minimum atomic E-state index is -0.533. The molecule has 0 fully saturated rings. The van der Waals surface area contributed by atoms with E-state index in [2.05, 4.69) is 5.32 Å². The molecule has 2 rings (SSSR count). The molecule has 0 unspecified atom stereocenters. The Morgan fingerprint density at radius 3 is 3.00 bits per heavy atom.